The molecule has 0 radical (unpaired) electrons. The summed E-state index contributed by atoms with van der Waals surface area (Å²) in [5, 5.41) is 0. The van der Waals surface area contributed by atoms with Gasteiger partial charge in [-0.25, -0.2) is 0 Å². The molecule has 0 spiro atoms. The van der Waals surface area contributed by atoms with Crippen molar-refractivity contribution in [3.05, 3.63) is 70.8 Å². The minimum atomic E-state index is 1.05. The van der Waals surface area contributed by atoms with Crippen LogP contribution in [0, 0.1) is 6.92 Å². The molecule has 0 aromatic heterocycles. The zero-order chi connectivity index (χ0) is 12.1. The molecule has 17 heavy (non-hydrogen) atoms. The maximum atomic E-state index is 2.26. The van der Waals surface area contributed by atoms with Gasteiger partial charge in [-0.15, -0.1) is 0 Å². The van der Waals surface area contributed by atoms with Crippen molar-refractivity contribution in [2.45, 2.75) is 33.1 Å². The molecule has 0 bridgehead atoms. The molecule has 0 nitrogen and oxygen atoms in total. The summed E-state index contributed by atoms with van der Waals surface area (Å²) in [6, 6.07) is 17.6. The van der Waals surface area contributed by atoms with Gasteiger partial charge in [0.15, 0.2) is 0 Å². The first-order valence-corrected chi connectivity index (χ1v) is 6.42. The summed E-state index contributed by atoms with van der Waals surface area (Å²) in [5.41, 5.74) is 5.70. The van der Waals surface area contributed by atoms with Crippen LogP contribution in [0.5, 0.6) is 0 Å². The molecule has 2 aromatic rings. The number of aryl methyl sites for hydroxylation is 2. The molecule has 0 unspecified atom stereocenters. The summed E-state index contributed by atoms with van der Waals surface area (Å²) in [6.45, 7) is 4.37. The van der Waals surface area contributed by atoms with Crippen molar-refractivity contribution in [3.8, 4) is 0 Å². The molecule has 0 aliphatic rings. The van der Waals surface area contributed by atoms with Crippen molar-refractivity contribution in [2.75, 3.05) is 0 Å². The van der Waals surface area contributed by atoms with Gasteiger partial charge in [-0.2, -0.15) is 0 Å². The van der Waals surface area contributed by atoms with Gasteiger partial charge in [-0.05, 0) is 36.5 Å². The third-order valence-corrected chi connectivity index (χ3v) is 3.15. The van der Waals surface area contributed by atoms with Gasteiger partial charge >= 0.3 is 0 Å². The Kier molecular flexibility index (Phi) is 3.98. The molecule has 0 saturated heterocycles. The Hall–Kier alpha value is -1.56. The van der Waals surface area contributed by atoms with E-state index in [2.05, 4.69) is 62.4 Å². The number of hydrogen-bond acceptors (Lipinski definition) is 0. The van der Waals surface area contributed by atoms with Crippen molar-refractivity contribution < 1.29 is 0 Å². The van der Waals surface area contributed by atoms with E-state index in [1.54, 1.807) is 0 Å². The minimum Gasteiger partial charge on any atom is -0.0651 e. The highest BCUT2D eigenvalue weighted by Crippen LogP contribution is 2.16. The number of rotatable bonds is 4. The molecule has 0 heterocycles. The van der Waals surface area contributed by atoms with Gasteiger partial charge in [0.25, 0.3) is 0 Å². The SMILES string of the molecule is CCCc1ccccc1Cc1ccc(C)cc1. The van der Waals surface area contributed by atoms with E-state index >= 15 is 0 Å². The fraction of sp³-hybridized carbons (Fsp3) is 0.294. The van der Waals surface area contributed by atoms with Gasteiger partial charge in [0.1, 0.15) is 0 Å². The topological polar surface area (TPSA) is 0 Å². The highest BCUT2D eigenvalue weighted by Gasteiger charge is 2.02. The van der Waals surface area contributed by atoms with E-state index in [0.29, 0.717) is 0 Å². The van der Waals surface area contributed by atoms with E-state index in [1.807, 2.05) is 0 Å². The first kappa shape index (κ1) is 11.9. The molecule has 0 N–H and O–H groups in total. The Balaban J connectivity index is 2.20. The summed E-state index contributed by atoms with van der Waals surface area (Å²) in [4.78, 5) is 0. The highest BCUT2D eigenvalue weighted by molar-refractivity contribution is 5.33. The van der Waals surface area contributed by atoms with Gasteiger partial charge in [0, 0.05) is 0 Å². The molecule has 0 aliphatic heterocycles. The van der Waals surface area contributed by atoms with Crippen molar-refractivity contribution in [1.29, 1.82) is 0 Å². The molecular formula is C17H20. The molecule has 0 saturated carbocycles. The predicted octanol–water partition coefficient (Wildman–Crippen LogP) is 4.54. The van der Waals surface area contributed by atoms with Gasteiger partial charge in [0.05, 0.1) is 0 Å². The quantitative estimate of drug-likeness (QED) is 0.715. The largest absolute Gasteiger partial charge is 0.0651 e. The van der Waals surface area contributed by atoms with E-state index in [1.165, 1.54) is 35.1 Å². The molecule has 0 aliphatic carbocycles. The molecular weight excluding hydrogens is 204 g/mol. The first-order valence-electron chi connectivity index (χ1n) is 6.42. The van der Waals surface area contributed by atoms with Gasteiger partial charge in [-0.3, -0.25) is 0 Å². The second kappa shape index (κ2) is 5.67. The monoisotopic (exact) mass is 224 g/mol. The Morgan fingerprint density at radius 3 is 2.12 bits per heavy atom. The average Bonchev–Trinajstić information content (AvgIpc) is 2.35. The predicted molar refractivity (Wildman–Crippen MR) is 74.4 cm³/mol. The fourth-order valence-electron chi connectivity index (χ4n) is 2.17. The lowest BCUT2D eigenvalue weighted by atomic mass is 9.97. The maximum absolute atomic E-state index is 2.26. The minimum absolute atomic E-state index is 1.05. The van der Waals surface area contributed by atoms with Crippen LogP contribution in [0.25, 0.3) is 0 Å². The summed E-state index contributed by atoms with van der Waals surface area (Å²) in [7, 11) is 0. The summed E-state index contributed by atoms with van der Waals surface area (Å²) >= 11 is 0. The molecule has 88 valence electrons. The maximum Gasteiger partial charge on any atom is -0.00230 e. The standard InChI is InChI=1S/C17H20/c1-3-6-16-7-4-5-8-17(16)13-15-11-9-14(2)10-12-15/h4-5,7-12H,3,6,13H2,1-2H3. The third-order valence-electron chi connectivity index (χ3n) is 3.15. The summed E-state index contributed by atoms with van der Waals surface area (Å²) < 4.78 is 0. The third kappa shape index (κ3) is 3.20. The molecule has 0 amide bonds. The van der Waals surface area contributed by atoms with E-state index < -0.39 is 0 Å². The van der Waals surface area contributed by atoms with Crippen LogP contribution in [0.1, 0.15) is 35.6 Å². The number of benzene rings is 2. The Morgan fingerprint density at radius 1 is 0.824 bits per heavy atom. The lowest BCUT2D eigenvalue weighted by molar-refractivity contribution is 0.904. The van der Waals surface area contributed by atoms with Crippen molar-refractivity contribution in [1.82, 2.24) is 0 Å². The Labute approximate surface area is 104 Å². The molecule has 2 rings (SSSR count). The van der Waals surface area contributed by atoms with Crippen LogP contribution in [-0.4, -0.2) is 0 Å². The molecule has 0 heteroatoms. The lowest BCUT2D eigenvalue weighted by Gasteiger charge is -2.08. The summed E-state index contributed by atoms with van der Waals surface area (Å²) in [5.74, 6) is 0. The van der Waals surface area contributed by atoms with Crippen LogP contribution >= 0.6 is 0 Å². The van der Waals surface area contributed by atoms with Crippen LogP contribution in [0.2, 0.25) is 0 Å². The van der Waals surface area contributed by atoms with Gasteiger partial charge in [-0.1, -0.05) is 67.4 Å². The number of hydrogen-bond donors (Lipinski definition) is 0. The van der Waals surface area contributed by atoms with Crippen molar-refractivity contribution in [3.63, 3.8) is 0 Å². The lowest BCUT2D eigenvalue weighted by Crippen LogP contribution is -1.95. The zero-order valence-corrected chi connectivity index (χ0v) is 10.7. The van der Waals surface area contributed by atoms with E-state index in [4.69, 9.17) is 0 Å². The van der Waals surface area contributed by atoms with E-state index in [9.17, 15) is 0 Å². The zero-order valence-electron chi connectivity index (χ0n) is 10.7. The Bertz CT molecular complexity index is 466. The fourth-order valence-corrected chi connectivity index (χ4v) is 2.17. The highest BCUT2D eigenvalue weighted by atomic mass is 14.1. The van der Waals surface area contributed by atoms with Crippen LogP contribution in [-0.2, 0) is 12.8 Å². The molecule has 0 fully saturated rings. The van der Waals surface area contributed by atoms with Crippen molar-refractivity contribution >= 4 is 0 Å². The van der Waals surface area contributed by atoms with Crippen LogP contribution in [0.4, 0.5) is 0 Å². The van der Waals surface area contributed by atoms with Gasteiger partial charge in [0.2, 0.25) is 0 Å². The Morgan fingerprint density at radius 2 is 1.47 bits per heavy atom. The van der Waals surface area contributed by atoms with E-state index in [-0.39, 0.29) is 0 Å². The van der Waals surface area contributed by atoms with Crippen LogP contribution < -0.4 is 0 Å². The van der Waals surface area contributed by atoms with Crippen LogP contribution in [0.15, 0.2) is 48.5 Å². The van der Waals surface area contributed by atoms with E-state index in [0.717, 1.165) is 6.42 Å². The van der Waals surface area contributed by atoms with Crippen LogP contribution in [0.3, 0.4) is 0 Å². The second-order valence-electron chi connectivity index (χ2n) is 4.68. The second-order valence-corrected chi connectivity index (χ2v) is 4.68. The molecule has 0 atom stereocenters. The smallest absolute Gasteiger partial charge is 0.00230 e. The van der Waals surface area contributed by atoms with Crippen molar-refractivity contribution in [2.24, 2.45) is 0 Å². The first-order chi connectivity index (χ1) is 8.29. The summed E-state index contributed by atoms with van der Waals surface area (Å²) in [6.07, 6.45) is 3.45. The van der Waals surface area contributed by atoms with Gasteiger partial charge < -0.3 is 0 Å². The normalized spacial score (nSPS) is 10.5. The molecule has 2 aromatic carbocycles. The average molecular weight is 224 g/mol.